The standard InChI is InChI=1S/C13H17NO3S/c1-14(8-5-10-4-2-9-18-10)11(15)13(12(16)17)6-3-7-13/h2,4,9H,3,5-8H2,1H3,(H,16,17). The van der Waals surface area contributed by atoms with Crippen LogP contribution < -0.4 is 0 Å². The number of carboxylic acids is 1. The van der Waals surface area contributed by atoms with Gasteiger partial charge in [-0.25, -0.2) is 0 Å². The van der Waals surface area contributed by atoms with Gasteiger partial charge in [-0.1, -0.05) is 12.5 Å². The molecule has 0 aliphatic heterocycles. The van der Waals surface area contributed by atoms with Crippen molar-refractivity contribution in [2.24, 2.45) is 5.41 Å². The molecule has 0 unspecified atom stereocenters. The van der Waals surface area contributed by atoms with E-state index in [2.05, 4.69) is 0 Å². The average Bonchev–Trinajstić information content (AvgIpc) is 2.76. The molecule has 0 aromatic carbocycles. The topological polar surface area (TPSA) is 57.6 Å². The number of carbonyl (C=O) groups excluding carboxylic acids is 1. The molecule has 1 saturated carbocycles. The number of nitrogens with zero attached hydrogens (tertiary/aromatic N) is 1. The second-order valence-electron chi connectivity index (χ2n) is 4.80. The van der Waals surface area contributed by atoms with E-state index in [1.54, 1.807) is 23.3 Å². The van der Waals surface area contributed by atoms with Gasteiger partial charge in [-0.15, -0.1) is 11.3 Å². The van der Waals surface area contributed by atoms with Crippen LogP contribution in [0.5, 0.6) is 0 Å². The molecule has 18 heavy (non-hydrogen) atoms. The van der Waals surface area contributed by atoms with Crippen LogP contribution in [0.3, 0.4) is 0 Å². The van der Waals surface area contributed by atoms with Crippen LogP contribution in [0.1, 0.15) is 24.1 Å². The van der Waals surface area contributed by atoms with E-state index in [0.717, 1.165) is 12.8 Å². The van der Waals surface area contributed by atoms with Crippen molar-refractivity contribution in [3.8, 4) is 0 Å². The summed E-state index contributed by atoms with van der Waals surface area (Å²) >= 11 is 1.66. The number of hydrogen-bond donors (Lipinski definition) is 1. The van der Waals surface area contributed by atoms with E-state index in [1.807, 2.05) is 17.5 Å². The van der Waals surface area contributed by atoms with Gasteiger partial charge in [0.05, 0.1) is 0 Å². The SMILES string of the molecule is CN(CCc1cccs1)C(=O)C1(C(=O)O)CCC1. The van der Waals surface area contributed by atoms with Gasteiger partial charge >= 0.3 is 5.97 Å². The smallest absolute Gasteiger partial charge is 0.319 e. The monoisotopic (exact) mass is 267 g/mol. The Morgan fingerprint density at radius 1 is 1.50 bits per heavy atom. The number of aliphatic carboxylic acids is 1. The van der Waals surface area contributed by atoms with E-state index in [1.165, 1.54) is 4.88 Å². The molecule has 1 fully saturated rings. The highest BCUT2D eigenvalue weighted by Crippen LogP contribution is 2.42. The van der Waals surface area contributed by atoms with Gasteiger partial charge in [0.1, 0.15) is 5.41 Å². The number of rotatable bonds is 5. The van der Waals surface area contributed by atoms with Crippen molar-refractivity contribution < 1.29 is 14.7 Å². The lowest BCUT2D eigenvalue weighted by Crippen LogP contribution is -2.51. The Morgan fingerprint density at radius 3 is 2.67 bits per heavy atom. The number of thiophene rings is 1. The summed E-state index contributed by atoms with van der Waals surface area (Å²) in [7, 11) is 1.69. The Morgan fingerprint density at radius 2 is 2.22 bits per heavy atom. The van der Waals surface area contributed by atoms with E-state index in [4.69, 9.17) is 0 Å². The summed E-state index contributed by atoms with van der Waals surface area (Å²) in [5.74, 6) is -1.21. The minimum Gasteiger partial charge on any atom is -0.480 e. The van der Waals surface area contributed by atoms with Crippen LogP contribution in [0, 0.1) is 5.41 Å². The van der Waals surface area contributed by atoms with Gasteiger partial charge in [-0.2, -0.15) is 0 Å². The normalized spacial score (nSPS) is 16.9. The van der Waals surface area contributed by atoms with Crippen LogP contribution >= 0.6 is 11.3 Å². The van der Waals surface area contributed by atoms with Gasteiger partial charge in [0.2, 0.25) is 5.91 Å². The van der Waals surface area contributed by atoms with Crippen molar-refractivity contribution in [1.82, 2.24) is 4.90 Å². The molecule has 0 bridgehead atoms. The highest BCUT2D eigenvalue weighted by molar-refractivity contribution is 7.09. The number of amides is 1. The summed E-state index contributed by atoms with van der Waals surface area (Å²) in [6.45, 7) is 0.578. The quantitative estimate of drug-likeness (QED) is 0.830. The minimum atomic E-state index is -1.13. The second-order valence-corrected chi connectivity index (χ2v) is 5.83. The van der Waals surface area contributed by atoms with E-state index in [0.29, 0.717) is 19.4 Å². The molecule has 1 aliphatic carbocycles. The van der Waals surface area contributed by atoms with Crippen molar-refractivity contribution in [1.29, 1.82) is 0 Å². The summed E-state index contributed by atoms with van der Waals surface area (Å²) < 4.78 is 0. The van der Waals surface area contributed by atoms with Crippen LogP contribution in [0.4, 0.5) is 0 Å². The first-order valence-electron chi connectivity index (χ1n) is 6.07. The van der Waals surface area contributed by atoms with Crippen LogP contribution in [0.15, 0.2) is 17.5 Å². The lowest BCUT2D eigenvalue weighted by molar-refractivity contribution is -0.166. The number of hydrogen-bond acceptors (Lipinski definition) is 3. The second kappa shape index (κ2) is 5.10. The molecule has 1 heterocycles. The molecule has 0 radical (unpaired) electrons. The summed E-state index contributed by atoms with van der Waals surface area (Å²) in [4.78, 5) is 26.2. The molecule has 1 aliphatic rings. The van der Waals surface area contributed by atoms with Gasteiger partial charge < -0.3 is 10.0 Å². The third-order valence-electron chi connectivity index (χ3n) is 3.65. The Balaban J connectivity index is 1.94. The molecular weight excluding hydrogens is 250 g/mol. The van der Waals surface area contributed by atoms with Gasteiger partial charge in [0.15, 0.2) is 0 Å². The number of carboxylic acid groups (broad SMARTS) is 1. The Kier molecular flexibility index (Phi) is 3.71. The molecule has 0 atom stereocenters. The fourth-order valence-corrected chi connectivity index (χ4v) is 2.95. The van der Waals surface area contributed by atoms with Crippen LogP contribution in [0.25, 0.3) is 0 Å². The first-order valence-corrected chi connectivity index (χ1v) is 6.95. The third kappa shape index (κ3) is 2.27. The molecule has 1 aromatic heterocycles. The summed E-state index contributed by atoms with van der Waals surface area (Å²) in [5, 5.41) is 11.2. The van der Waals surface area contributed by atoms with Crippen LogP contribution in [-0.2, 0) is 16.0 Å². The summed E-state index contributed by atoms with van der Waals surface area (Å²) in [6.07, 6.45) is 2.57. The average molecular weight is 267 g/mol. The van der Waals surface area contributed by atoms with E-state index in [-0.39, 0.29) is 5.91 Å². The van der Waals surface area contributed by atoms with Crippen molar-refractivity contribution in [3.05, 3.63) is 22.4 Å². The van der Waals surface area contributed by atoms with Gasteiger partial charge in [-0.05, 0) is 30.7 Å². The molecule has 2 rings (SSSR count). The maximum Gasteiger partial charge on any atom is 0.319 e. The van der Waals surface area contributed by atoms with Gasteiger partial charge in [0.25, 0.3) is 0 Å². The van der Waals surface area contributed by atoms with E-state index >= 15 is 0 Å². The predicted molar refractivity (Wildman–Crippen MR) is 69.6 cm³/mol. The summed E-state index contributed by atoms with van der Waals surface area (Å²) in [5.41, 5.74) is -1.13. The van der Waals surface area contributed by atoms with Crippen molar-refractivity contribution in [2.45, 2.75) is 25.7 Å². The summed E-state index contributed by atoms with van der Waals surface area (Å²) in [6, 6.07) is 4.01. The first kappa shape index (κ1) is 13.1. The molecule has 98 valence electrons. The van der Waals surface area contributed by atoms with E-state index < -0.39 is 11.4 Å². The highest BCUT2D eigenvalue weighted by Gasteiger charge is 2.52. The zero-order chi connectivity index (χ0) is 13.2. The van der Waals surface area contributed by atoms with Crippen molar-refractivity contribution >= 4 is 23.2 Å². The van der Waals surface area contributed by atoms with Gasteiger partial charge in [0, 0.05) is 18.5 Å². The molecule has 0 saturated heterocycles. The molecule has 4 nitrogen and oxygen atoms in total. The van der Waals surface area contributed by atoms with Crippen molar-refractivity contribution in [2.75, 3.05) is 13.6 Å². The molecule has 5 heteroatoms. The van der Waals surface area contributed by atoms with Crippen molar-refractivity contribution in [3.63, 3.8) is 0 Å². The van der Waals surface area contributed by atoms with Gasteiger partial charge in [-0.3, -0.25) is 9.59 Å². The number of carbonyl (C=O) groups is 2. The van der Waals surface area contributed by atoms with Crippen LogP contribution in [-0.4, -0.2) is 35.5 Å². The maximum atomic E-state index is 12.2. The first-order chi connectivity index (χ1) is 8.56. The highest BCUT2D eigenvalue weighted by atomic mass is 32.1. The zero-order valence-electron chi connectivity index (χ0n) is 10.4. The van der Waals surface area contributed by atoms with E-state index in [9.17, 15) is 14.7 Å². The molecule has 1 aromatic rings. The van der Waals surface area contributed by atoms with Crippen LogP contribution in [0.2, 0.25) is 0 Å². The Bertz CT molecular complexity index is 437. The molecule has 1 N–H and O–H groups in total. The molecule has 1 amide bonds. The lowest BCUT2D eigenvalue weighted by atomic mass is 9.68. The minimum absolute atomic E-state index is 0.238. The molecular formula is C13H17NO3S. The fourth-order valence-electron chi connectivity index (χ4n) is 2.25. The predicted octanol–water partition coefficient (Wildman–Crippen LogP) is 2.00. The zero-order valence-corrected chi connectivity index (χ0v) is 11.2. The fraction of sp³-hybridized carbons (Fsp3) is 0.538. The Hall–Kier alpha value is -1.36. The largest absolute Gasteiger partial charge is 0.480 e. The lowest BCUT2D eigenvalue weighted by Gasteiger charge is -2.38. The maximum absolute atomic E-state index is 12.2. The number of likely N-dealkylation sites (N-methyl/N-ethyl adjacent to an activating group) is 1. The molecule has 0 spiro atoms. The Labute approximate surface area is 110 Å². The third-order valence-corrected chi connectivity index (χ3v) is 4.58.